The van der Waals surface area contributed by atoms with Crippen LogP contribution in [0.4, 0.5) is 0 Å². The number of carbonyl (C=O) groups excluding carboxylic acids is 1. The number of benzene rings is 2. The number of hydrogen-bond acceptors (Lipinski definition) is 6. The van der Waals surface area contributed by atoms with Gasteiger partial charge in [-0.25, -0.2) is 0 Å². The first kappa shape index (κ1) is 27.5. The van der Waals surface area contributed by atoms with Gasteiger partial charge in [-0.3, -0.25) is 4.79 Å². The van der Waals surface area contributed by atoms with Gasteiger partial charge < -0.3 is 19.5 Å². The predicted molar refractivity (Wildman–Crippen MR) is 138 cm³/mol. The molecule has 182 valence electrons. The number of ether oxygens (including phenoxy) is 3. The van der Waals surface area contributed by atoms with E-state index in [1.165, 1.54) is 0 Å². The molecule has 1 N–H and O–H groups in total. The minimum absolute atomic E-state index is 0.0855. The smallest absolute Gasteiger partial charge is 0.258 e. The molecule has 0 aromatic heterocycles. The average Bonchev–Trinajstić information content (AvgIpc) is 2.82. The van der Waals surface area contributed by atoms with Crippen molar-refractivity contribution in [3.05, 3.63) is 70.2 Å². The van der Waals surface area contributed by atoms with Crippen LogP contribution in [0.15, 0.2) is 65.3 Å². The van der Waals surface area contributed by atoms with Crippen molar-refractivity contribution >= 4 is 53.3 Å². The van der Waals surface area contributed by atoms with E-state index in [0.717, 1.165) is 0 Å². The molecule has 1 atom stereocenters. The van der Waals surface area contributed by atoms with Gasteiger partial charge in [-0.05, 0) is 56.2 Å². The van der Waals surface area contributed by atoms with E-state index in [9.17, 15) is 4.79 Å². The van der Waals surface area contributed by atoms with E-state index in [4.69, 9.17) is 49.0 Å². The molecular weight excluding hydrogens is 501 g/mol. The Hall–Kier alpha value is -2.74. The van der Waals surface area contributed by atoms with Gasteiger partial charge >= 0.3 is 0 Å². The fraction of sp³-hybridized carbons (Fsp3) is 0.292. The van der Waals surface area contributed by atoms with Crippen LogP contribution < -0.4 is 14.8 Å². The average molecular weight is 527 g/mol. The zero-order valence-corrected chi connectivity index (χ0v) is 21.0. The molecule has 0 bridgehead atoms. The number of rotatable bonds is 13. The summed E-state index contributed by atoms with van der Waals surface area (Å²) in [5.41, 5.74) is -0.657. The fourth-order valence-corrected chi connectivity index (χ4v) is 3.18. The van der Waals surface area contributed by atoms with Crippen molar-refractivity contribution in [2.24, 2.45) is 10.2 Å². The van der Waals surface area contributed by atoms with Gasteiger partial charge in [0.05, 0.1) is 22.2 Å². The maximum Gasteiger partial charge on any atom is 0.258 e. The highest BCUT2D eigenvalue weighted by atomic mass is 35.5. The van der Waals surface area contributed by atoms with Crippen molar-refractivity contribution in [3.8, 4) is 11.5 Å². The van der Waals surface area contributed by atoms with E-state index in [0.29, 0.717) is 46.0 Å². The van der Waals surface area contributed by atoms with Crippen molar-refractivity contribution < 1.29 is 19.0 Å². The maximum atomic E-state index is 12.4. The van der Waals surface area contributed by atoms with Gasteiger partial charge in [0.15, 0.2) is 13.2 Å². The van der Waals surface area contributed by atoms with Crippen molar-refractivity contribution in [2.45, 2.75) is 25.3 Å². The summed E-state index contributed by atoms with van der Waals surface area (Å²) in [6.45, 7) is 9.28. The molecule has 2 aromatic carbocycles. The summed E-state index contributed by atoms with van der Waals surface area (Å²) in [6, 6.07) is 11.7. The van der Waals surface area contributed by atoms with E-state index in [2.05, 4.69) is 28.8 Å². The summed E-state index contributed by atoms with van der Waals surface area (Å²) in [5, 5.41) is 11.7. The van der Waals surface area contributed by atoms with Crippen LogP contribution in [0.2, 0.25) is 15.1 Å². The lowest BCUT2D eigenvalue weighted by atomic mass is 9.96. The summed E-state index contributed by atoms with van der Waals surface area (Å²) >= 11 is 17.7. The second kappa shape index (κ2) is 13.8. The number of hydrogen-bond donors (Lipinski definition) is 1. The molecule has 1 unspecified atom stereocenters. The molecule has 1 amide bonds. The van der Waals surface area contributed by atoms with Crippen LogP contribution in [-0.2, 0) is 9.53 Å². The molecule has 0 saturated heterocycles. The quantitative estimate of drug-likeness (QED) is 0.114. The van der Waals surface area contributed by atoms with Gasteiger partial charge in [-0.1, -0.05) is 40.9 Å². The van der Waals surface area contributed by atoms with Crippen LogP contribution in [0.3, 0.4) is 0 Å². The normalized spacial score (nSPS) is 12.9. The molecule has 0 radical (unpaired) electrons. The first-order valence-corrected chi connectivity index (χ1v) is 11.4. The van der Waals surface area contributed by atoms with E-state index >= 15 is 0 Å². The van der Waals surface area contributed by atoms with Crippen molar-refractivity contribution in [1.82, 2.24) is 5.32 Å². The number of halogens is 3. The highest BCUT2D eigenvalue weighted by Crippen LogP contribution is 2.26. The Morgan fingerprint density at radius 3 is 2.38 bits per heavy atom. The van der Waals surface area contributed by atoms with Gasteiger partial charge in [0.25, 0.3) is 5.91 Å². The van der Waals surface area contributed by atoms with E-state index in [1.807, 2.05) is 6.92 Å². The predicted octanol–water partition coefficient (Wildman–Crippen LogP) is 5.98. The minimum Gasteiger partial charge on any atom is -0.484 e. The summed E-state index contributed by atoms with van der Waals surface area (Å²) in [4.78, 5) is 12.4. The molecule has 2 rings (SSSR count). The number of amides is 1. The summed E-state index contributed by atoms with van der Waals surface area (Å²) in [5.74, 6) is 1.05. The Morgan fingerprint density at radius 2 is 1.74 bits per heavy atom. The van der Waals surface area contributed by atoms with Crippen LogP contribution in [-0.4, -0.2) is 43.9 Å². The third-order valence-electron chi connectivity index (χ3n) is 4.60. The van der Waals surface area contributed by atoms with Crippen LogP contribution in [0.5, 0.6) is 11.5 Å². The monoisotopic (exact) mass is 525 g/mol. The second-order valence-corrected chi connectivity index (χ2v) is 8.61. The second-order valence-electron chi connectivity index (χ2n) is 7.36. The SMILES string of the molecule is C=CC(C)(CCCO/C(COc1ccc(Cl)cc1)=N\N=C)NC(=O)COc1ccc(Cl)c(Cl)c1. The van der Waals surface area contributed by atoms with Crippen molar-refractivity contribution in [3.63, 3.8) is 0 Å². The summed E-state index contributed by atoms with van der Waals surface area (Å²) < 4.78 is 16.8. The van der Waals surface area contributed by atoms with Crippen molar-refractivity contribution in [2.75, 3.05) is 19.8 Å². The number of nitrogens with one attached hydrogen (secondary N) is 1. The van der Waals surface area contributed by atoms with Gasteiger partial charge in [0.2, 0.25) is 5.90 Å². The lowest BCUT2D eigenvalue weighted by Crippen LogP contribution is -2.46. The first-order valence-electron chi connectivity index (χ1n) is 10.3. The first-order chi connectivity index (χ1) is 16.2. The molecule has 0 aliphatic heterocycles. The van der Waals surface area contributed by atoms with E-state index < -0.39 is 5.54 Å². The standard InChI is InChI=1S/C24H26Cl3N3O4/c1-4-24(2,29-22(31)15-33-19-10-11-20(26)21(27)14-19)12-5-13-32-23(30-28-3)16-34-18-8-6-17(25)7-9-18/h4,6-11,14H,1,3,5,12-13,15-16H2,2H3,(H,29,31)/b30-23-. The van der Waals surface area contributed by atoms with Crippen LogP contribution in [0.1, 0.15) is 19.8 Å². The van der Waals surface area contributed by atoms with Crippen molar-refractivity contribution in [1.29, 1.82) is 0 Å². The minimum atomic E-state index is -0.657. The molecule has 7 nitrogen and oxygen atoms in total. The molecule has 0 aliphatic carbocycles. The molecular formula is C24H26Cl3N3O4. The largest absolute Gasteiger partial charge is 0.484 e. The fourth-order valence-electron chi connectivity index (χ4n) is 2.77. The van der Waals surface area contributed by atoms with Gasteiger partial charge in [-0.15, -0.1) is 11.7 Å². The summed E-state index contributed by atoms with van der Waals surface area (Å²) in [6.07, 6.45) is 2.85. The highest BCUT2D eigenvalue weighted by molar-refractivity contribution is 6.42. The molecule has 0 saturated carbocycles. The maximum absolute atomic E-state index is 12.4. The zero-order valence-electron chi connectivity index (χ0n) is 18.7. The van der Waals surface area contributed by atoms with E-state index in [-0.39, 0.29) is 25.0 Å². The van der Waals surface area contributed by atoms with Crippen LogP contribution in [0, 0.1) is 0 Å². The topological polar surface area (TPSA) is 81.5 Å². The Balaban J connectivity index is 1.77. The third kappa shape index (κ3) is 9.63. The molecule has 0 heterocycles. The van der Waals surface area contributed by atoms with Crippen LogP contribution >= 0.6 is 34.8 Å². The molecule has 0 spiro atoms. The number of carbonyl (C=O) groups is 1. The van der Waals surface area contributed by atoms with Gasteiger partial charge in [0.1, 0.15) is 11.5 Å². The molecule has 10 heteroatoms. The van der Waals surface area contributed by atoms with E-state index in [1.54, 1.807) is 48.5 Å². The van der Waals surface area contributed by atoms with Crippen LogP contribution in [0.25, 0.3) is 0 Å². The lowest BCUT2D eigenvalue weighted by molar-refractivity contribution is -0.124. The van der Waals surface area contributed by atoms with Gasteiger partial charge in [-0.2, -0.15) is 5.10 Å². The summed E-state index contributed by atoms with van der Waals surface area (Å²) in [7, 11) is 0. The zero-order chi connectivity index (χ0) is 25.0. The Bertz CT molecular complexity index is 1020. The Kier molecular flexibility index (Phi) is 11.2. The molecule has 34 heavy (non-hydrogen) atoms. The lowest BCUT2D eigenvalue weighted by Gasteiger charge is -2.27. The third-order valence-corrected chi connectivity index (χ3v) is 5.59. The Labute approximate surface area is 214 Å². The Morgan fingerprint density at radius 1 is 1.06 bits per heavy atom. The molecule has 0 fully saturated rings. The molecule has 0 aliphatic rings. The van der Waals surface area contributed by atoms with Gasteiger partial charge in [0, 0.05) is 17.8 Å². The number of nitrogens with zero attached hydrogens (tertiary/aromatic N) is 2. The molecule has 2 aromatic rings. The highest BCUT2D eigenvalue weighted by Gasteiger charge is 2.22.